The van der Waals surface area contributed by atoms with Gasteiger partial charge in [0, 0.05) is 0 Å². The van der Waals surface area contributed by atoms with Crippen molar-refractivity contribution in [2.45, 2.75) is 25.7 Å². The summed E-state index contributed by atoms with van der Waals surface area (Å²) in [7, 11) is 0. The molecule has 0 spiro atoms. The summed E-state index contributed by atoms with van der Waals surface area (Å²) < 4.78 is 0. The average Bonchev–Trinajstić information content (AvgIpc) is 2.04. The molecule has 0 unspecified atom stereocenters. The molecule has 1 aliphatic rings. The Bertz CT molecular complexity index is 319. The Morgan fingerprint density at radius 3 is 3.00 bits per heavy atom. The molecular weight excluding hydrogens is 144 g/mol. The van der Waals surface area contributed by atoms with Gasteiger partial charge in [-0.3, -0.25) is 0 Å². The van der Waals surface area contributed by atoms with Gasteiger partial charge < -0.3 is 0 Å². The monoisotopic (exact) mass is 157 g/mol. The second-order valence-electron chi connectivity index (χ2n) is 4.00. The van der Waals surface area contributed by atoms with Crippen molar-refractivity contribution in [1.29, 1.82) is 0 Å². The lowest BCUT2D eigenvalue weighted by molar-refractivity contribution is 0.529. The maximum atomic E-state index is 3.11. The first-order valence-corrected chi connectivity index (χ1v) is 4.37. The van der Waals surface area contributed by atoms with Crippen molar-refractivity contribution in [2.75, 3.05) is 0 Å². The molecule has 0 fully saturated rings. The third-order valence-electron chi connectivity index (χ3n) is 2.55. The largest absolute Gasteiger partial charge is 0.0831 e. The second-order valence-corrected chi connectivity index (χ2v) is 4.00. The van der Waals surface area contributed by atoms with Crippen LogP contribution in [0.5, 0.6) is 0 Å². The Morgan fingerprint density at radius 1 is 1.42 bits per heavy atom. The van der Waals surface area contributed by atoms with Crippen LogP contribution >= 0.6 is 0 Å². The Hall–Kier alpha value is -1.04. The number of hydrogen-bond acceptors (Lipinski definition) is 0. The molecule has 1 aliphatic carbocycles. The smallest absolute Gasteiger partial charge is 0.00631 e. The number of hydrogen-bond donors (Lipinski definition) is 0. The van der Waals surface area contributed by atoms with Crippen LogP contribution in [0, 0.1) is 6.07 Å². The summed E-state index contributed by atoms with van der Waals surface area (Å²) in [5, 5.41) is 0. The standard InChI is InChI=1S/C12H13/c1-12(2)9-5-7-10-6-3-4-8-11(10)12/h4-8H,9H2,1-2H3. The topological polar surface area (TPSA) is 0 Å². The highest BCUT2D eigenvalue weighted by Gasteiger charge is 2.23. The lowest BCUT2D eigenvalue weighted by Crippen LogP contribution is -2.19. The first kappa shape index (κ1) is 7.60. The summed E-state index contributed by atoms with van der Waals surface area (Å²) >= 11 is 0. The van der Waals surface area contributed by atoms with Crippen LogP contribution in [-0.4, -0.2) is 0 Å². The van der Waals surface area contributed by atoms with Crippen molar-refractivity contribution in [1.82, 2.24) is 0 Å². The van der Waals surface area contributed by atoms with Crippen LogP contribution in [0.3, 0.4) is 0 Å². The molecule has 0 amide bonds. The van der Waals surface area contributed by atoms with Gasteiger partial charge in [0.25, 0.3) is 0 Å². The van der Waals surface area contributed by atoms with Crippen LogP contribution < -0.4 is 0 Å². The van der Waals surface area contributed by atoms with Crippen molar-refractivity contribution >= 4 is 6.08 Å². The summed E-state index contributed by atoms with van der Waals surface area (Å²) in [5.41, 5.74) is 3.08. The molecule has 0 aliphatic heterocycles. The van der Waals surface area contributed by atoms with E-state index in [1.165, 1.54) is 11.1 Å². The van der Waals surface area contributed by atoms with Gasteiger partial charge in [0.05, 0.1) is 0 Å². The van der Waals surface area contributed by atoms with E-state index in [4.69, 9.17) is 0 Å². The number of fused-ring (bicyclic) bond motifs is 1. The molecule has 2 rings (SSSR count). The quantitative estimate of drug-likeness (QED) is 0.542. The maximum Gasteiger partial charge on any atom is -0.00631 e. The summed E-state index contributed by atoms with van der Waals surface area (Å²) in [6.45, 7) is 4.57. The Labute approximate surface area is 73.9 Å². The Balaban J connectivity index is 2.60. The highest BCUT2D eigenvalue weighted by molar-refractivity contribution is 5.58. The average molecular weight is 157 g/mol. The van der Waals surface area contributed by atoms with Gasteiger partial charge in [-0.15, -0.1) is 0 Å². The third kappa shape index (κ3) is 1.08. The molecule has 0 saturated heterocycles. The van der Waals surface area contributed by atoms with Gasteiger partial charge in [0.15, 0.2) is 0 Å². The van der Waals surface area contributed by atoms with Gasteiger partial charge in [-0.25, -0.2) is 0 Å². The van der Waals surface area contributed by atoms with Crippen molar-refractivity contribution in [3.05, 3.63) is 41.5 Å². The number of rotatable bonds is 0. The summed E-state index contributed by atoms with van der Waals surface area (Å²) in [4.78, 5) is 0. The molecule has 0 aromatic heterocycles. The van der Waals surface area contributed by atoms with E-state index < -0.39 is 0 Å². The van der Waals surface area contributed by atoms with Crippen LogP contribution in [0.25, 0.3) is 6.08 Å². The minimum absolute atomic E-state index is 0.305. The zero-order valence-corrected chi connectivity index (χ0v) is 7.59. The molecule has 1 aromatic rings. The van der Waals surface area contributed by atoms with Gasteiger partial charge in [0.1, 0.15) is 0 Å². The summed E-state index contributed by atoms with van der Waals surface area (Å²) in [6, 6.07) is 9.35. The van der Waals surface area contributed by atoms with E-state index in [0.29, 0.717) is 5.41 Å². The van der Waals surface area contributed by atoms with Crippen molar-refractivity contribution in [3.63, 3.8) is 0 Å². The molecule has 0 heterocycles. The fraction of sp³-hybridized carbons (Fsp3) is 0.333. The van der Waals surface area contributed by atoms with E-state index in [1.54, 1.807) is 0 Å². The second kappa shape index (κ2) is 2.48. The van der Waals surface area contributed by atoms with Crippen LogP contribution in [-0.2, 0) is 5.41 Å². The first-order chi connectivity index (χ1) is 5.70. The van der Waals surface area contributed by atoms with E-state index in [2.05, 4.69) is 44.2 Å². The molecule has 0 nitrogen and oxygen atoms in total. The van der Waals surface area contributed by atoms with Crippen molar-refractivity contribution in [2.24, 2.45) is 0 Å². The van der Waals surface area contributed by atoms with Crippen LogP contribution in [0.1, 0.15) is 31.4 Å². The molecule has 1 aromatic carbocycles. The highest BCUT2D eigenvalue weighted by Crippen LogP contribution is 2.34. The molecule has 12 heavy (non-hydrogen) atoms. The van der Waals surface area contributed by atoms with Crippen molar-refractivity contribution < 1.29 is 0 Å². The first-order valence-electron chi connectivity index (χ1n) is 4.37. The molecular formula is C12H13. The van der Waals surface area contributed by atoms with E-state index >= 15 is 0 Å². The van der Waals surface area contributed by atoms with Crippen LogP contribution in [0.15, 0.2) is 24.3 Å². The zero-order chi connectivity index (χ0) is 8.60. The minimum Gasteiger partial charge on any atom is -0.0831 e. The fourth-order valence-electron chi connectivity index (χ4n) is 1.79. The predicted molar refractivity (Wildman–Crippen MR) is 52.0 cm³/mol. The number of benzene rings is 1. The maximum absolute atomic E-state index is 3.11. The van der Waals surface area contributed by atoms with E-state index in [0.717, 1.165) is 6.42 Å². The van der Waals surface area contributed by atoms with E-state index in [-0.39, 0.29) is 0 Å². The van der Waals surface area contributed by atoms with E-state index in [9.17, 15) is 0 Å². The predicted octanol–water partition coefficient (Wildman–Crippen LogP) is 3.18. The van der Waals surface area contributed by atoms with Gasteiger partial charge in [-0.1, -0.05) is 38.1 Å². The molecule has 0 bridgehead atoms. The lowest BCUT2D eigenvalue weighted by atomic mass is 9.76. The van der Waals surface area contributed by atoms with E-state index in [1.807, 2.05) is 6.07 Å². The minimum atomic E-state index is 0.305. The van der Waals surface area contributed by atoms with Gasteiger partial charge in [0.2, 0.25) is 0 Å². The summed E-state index contributed by atoms with van der Waals surface area (Å²) in [5.74, 6) is 0. The van der Waals surface area contributed by atoms with Crippen LogP contribution in [0.4, 0.5) is 0 Å². The van der Waals surface area contributed by atoms with Gasteiger partial charge in [-0.05, 0) is 35.1 Å². The highest BCUT2D eigenvalue weighted by atomic mass is 14.3. The summed E-state index contributed by atoms with van der Waals surface area (Å²) in [6.07, 6.45) is 5.58. The molecule has 0 saturated carbocycles. The molecule has 0 N–H and O–H groups in total. The Morgan fingerprint density at radius 2 is 2.25 bits per heavy atom. The van der Waals surface area contributed by atoms with Gasteiger partial charge >= 0.3 is 0 Å². The lowest BCUT2D eigenvalue weighted by Gasteiger charge is -2.28. The zero-order valence-electron chi connectivity index (χ0n) is 7.59. The third-order valence-corrected chi connectivity index (χ3v) is 2.55. The molecule has 1 radical (unpaired) electrons. The molecule has 61 valence electrons. The van der Waals surface area contributed by atoms with Gasteiger partial charge in [-0.2, -0.15) is 0 Å². The normalized spacial score (nSPS) is 18.8. The Kier molecular flexibility index (Phi) is 1.57. The number of allylic oxidation sites excluding steroid dienone is 1. The van der Waals surface area contributed by atoms with Crippen molar-refractivity contribution in [3.8, 4) is 0 Å². The fourth-order valence-corrected chi connectivity index (χ4v) is 1.79. The molecule has 0 heteroatoms. The van der Waals surface area contributed by atoms with Crippen LogP contribution in [0.2, 0.25) is 0 Å². The SMILES string of the molecule is CC1(C)CC=Cc2c[c]ccc21. The molecule has 0 atom stereocenters.